The van der Waals surface area contributed by atoms with Crippen molar-refractivity contribution in [3.8, 4) is 0 Å². The van der Waals surface area contributed by atoms with Gasteiger partial charge in [-0.25, -0.2) is 0 Å². The van der Waals surface area contributed by atoms with Crippen molar-refractivity contribution in [1.82, 2.24) is 0 Å². The molecule has 0 fully saturated rings. The quantitative estimate of drug-likeness (QED) is 0.704. The molecule has 0 aliphatic carbocycles. The Morgan fingerprint density at radius 2 is 1.40 bits per heavy atom. The van der Waals surface area contributed by atoms with Crippen LogP contribution in [0.2, 0.25) is 0 Å². The monoisotopic (exact) mass is 267 g/mol. The molecule has 2 aromatic carbocycles. The van der Waals surface area contributed by atoms with Gasteiger partial charge in [0.15, 0.2) is 0 Å². The Morgan fingerprint density at radius 3 is 2.15 bits per heavy atom. The van der Waals surface area contributed by atoms with Crippen LogP contribution in [0.4, 0.5) is 5.69 Å². The number of anilines is 1. The minimum Gasteiger partial charge on any atom is -0.311 e. The fraction of sp³-hybridized carbons (Fsp3) is 0.278. The lowest BCUT2D eigenvalue weighted by Gasteiger charge is -2.24. The highest BCUT2D eigenvalue weighted by atomic mass is 16.2. The van der Waals surface area contributed by atoms with E-state index in [1.807, 2.05) is 57.3 Å². The largest absolute Gasteiger partial charge is 0.311 e. The molecule has 0 bridgehead atoms. The number of para-hydroxylation sites is 1. The third-order valence-corrected chi connectivity index (χ3v) is 3.57. The highest BCUT2D eigenvalue weighted by Crippen LogP contribution is 2.26. The van der Waals surface area contributed by atoms with E-state index in [0.717, 1.165) is 29.7 Å². The van der Waals surface area contributed by atoms with Crippen LogP contribution in [0.3, 0.4) is 0 Å². The normalized spacial score (nSPS) is 13.3. The van der Waals surface area contributed by atoms with Crippen molar-refractivity contribution in [3.63, 3.8) is 0 Å². The van der Waals surface area contributed by atoms with Gasteiger partial charge in [0.05, 0.1) is 0 Å². The van der Waals surface area contributed by atoms with Crippen molar-refractivity contribution < 1.29 is 4.79 Å². The van der Waals surface area contributed by atoms with Crippen LogP contribution in [0.15, 0.2) is 48.5 Å². The Balaban J connectivity index is 0.000000704. The molecular weight excluding hydrogens is 246 g/mol. The predicted molar refractivity (Wildman–Crippen MR) is 84.4 cm³/mol. The Kier molecular flexibility index (Phi) is 4.57. The summed E-state index contributed by atoms with van der Waals surface area (Å²) in [5.41, 5.74) is 4.23. The smallest absolute Gasteiger partial charge is 0.258 e. The second-order valence-corrected chi connectivity index (χ2v) is 4.65. The van der Waals surface area contributed by atoms with Crippen LogP contribution in [0.1, 0.15) is 35.3 Å². The van der Waals surface area contributed by atoms with Crippen LogP contribution in [-0.4, -0.2) is 13.0 Å². The molecular formula is C18H21NO. The summed E-state index contributed by atoms with van der Waals surface area (Å²) in [5, 5.41) is 0. The number of carbonyl (C=O) groups excluding carboxylic acids is 1. The first-order chi connectivity index (χ1) is 9.77. The van der Waals surface area contributed by atoms with Gasteiger partial charge in [0.1, 0.15) is 0 Å². The number of benzene rings is 2. The molecule has 0 spiro atoms. The summed E-state index contributed by atoms with van der Waals surface area (Å²) in [6, 6.07) is 16.0. The maximum absolute atomic E-state index is 12.5. The third-order valence-electron chi connectivity index (χ3n) is 3.57. The molecule has 2 aromatic rings. The van der Waals surface area contributed by atoms with Gasteiger partial charge in [0, 0.05) is 18.3 Å². The van der Waals surface area contributed by atoms with E-state index in [0.29, 0.717) is 0 Å². The lowest BCUT2D eigenvalue weighted by molar-refractivity contribution is 0.0991. The molecule has 104 valence electrons. The average Bonchev–Trinajstić information content (AvgIpc) is 2.53. The van der Waals surface area contributed by atoms with Gasteiger partial charge in [-0.3, -0.25) is 4.79 Å². The zero-order valence-corrected chi connectivity index (χ0v) is 12.4. The van der Waals surface area contributed by atoms with Gasteiger partial charge in [-0.05, 0) is 36.1 Å². The summed E-state index contributed by atoms with van der Waals surface area (Å²) in [6.07, 6.45) is 1.90. The molecule has 2 nitrogen and oxygen atoms in total. The van der Waals surface area contributed by atoms with Crippen molar-refractivity contribution >= 4 is 11.6 Å². The maximum Gasteiger partial charge on any atom is 0.258 e. The van der Waals surface area contributed by atoms with Crippen molar-refractivity contribution in [2.75, 3.05) is 11.9 Å². The molecule has 20 heavy (non-hydrogen) atoms. The van der Waals surface area contributed by atoms with Crippen LogP contribution in [0, 0.1) is 0 Å². The van der Waals surface area contributed by atoms with Crippen LogP contribution in [-0.2, 0) is 12.8 Å². The number of carbonyl (C=O) groups is 1. The molecule has 0 radical (unpaired) electrons. The second kappa shape index (κ2) is 6.38. The summed E-state index contributed by atoms with van der Waals surface area (Å²) in [7, 11) is 1.85. The first-order valence-electron chi connectivity index (χ1n) is 7.21. The van der Waals surface area contributed by atoms with E-state index in [2.05, 4.69) is 12.1 Å². The Morgan fingerprint density at radius 1 is 0.850 bits per heavy atom. The topological polar surface area (TPSA) is 20.3 Å². The summed E-state index contributed by atoms with van der Waals surface area (Å²) in [4.78, 5) is 14.2. The lowest BCUT2D eigenvalue weighted by atomic mass is 9.95. The van der Waals surface area contributed by atoms with Crippen LogP contribution < -0.4 is 4.90 Å². The molecule has 1 aliphatic heterocycles. The molecule has 1 heterocycles. The predicted octanol–water partition coefficient (Wildman–Crippen LogP) is 4.09. The molecule has 0 aromatic heterocycles. The van der Waals surface area contributed by atoms with E-state index in [9.17, 15) is 4.79 Å². The van der Waals surface area contributed by atoms with E-state index >= 15 is 0 Å². The highest BCUT2D eigenvalue weighted by molar-refractivity contribution is 6.07. The molecule has 0 saturated heterocycles. The van der Waals surface area contributed by atoms with Crippen molar-refractivity contribution in [2.45, 2.75) is 26.7 Å². The summed E-state index contributed by atoms with van der Waals surface area (Å²) < 4.78 is 0. The van der Waals surface area contributed by atoms with Gasteiger partial charge < -0.3 is 4.90 Å². The number of nitrogens with zero attached hydrogens (tertiary/aromatic N) is 1. The zero-order valence-electron chi connectivity index (χ0n) is 12.4. The Labute approximate surface area is 121 Å². The van der Waals surface area contributed by atoms with Gasteiger partial charge in [-0.1, -0.05) is 50.2 Å². The first-order valence-corrected chi connectivity index (χ1v) is 7.21. The highest BCUT2D eigenvalue weighted by Gasteiger charge is 2.21. The molecule has 2 heteroatoms. The fourth-order valence-corrected chi connectivity index (χ4v) is 2.56. The van der Waals surface area contributed by atoms with Gasteiger partial charge in [-0.15, -0.1) is 0 Å². The SMILES string of the molecule is CC.CN1C(=O)c2ccccc2CCc2ccccc21. The van der Waals surface area contributed by atoms with Crippen LogP contribution in [0.25, 0.3) is 0 Å². The molecule has 0 atom stereocenters. The Bertz CT molecular complexity index is 604. The van der Waals surface area contributed by atoms with E-state index < -0.39 is 0 Å². The number of rotatable bonds is 0. The minimum atomic E-state index is 0.0813. The minimum absolute atomic E-state index is 0.0813. The number of amides is 1. The first kappa shape index (κ1) is 14.3. The summed E-state index contributed by atoms with van der Waals surface area (Å²) in [6.45, 7) is 4.00. The number of hydrogen-bond acceptors (Lipinski definition) is 1. The number of hydrogen-bond donors (Lipinski definition) is 0. The summed E-state index contributed by atoms with van der Waals surface area (Å²) >= 11 is 0. The second-order valence-electron chi connectivity index (χ2n) is 4.65. The summed E-state index contributed by atoms with van der Waals surface area (Å²) in [5.74, 6) is 0.0813. The molecule has 1 aliphatic rings. The third kappa shape index (κ3) is 2.60. The Hall–Kier alpha value is -2.09. The number of fused-ring (bicyclic) bond motifs is 2. The van der Waals surface area contributed by atoms with Gasteiger partial charge in [0.25, 0.3) is 5.91 Å². The fourth-order valence-electron chi connectivity index (χ4n) is 2.56. The van der Waals surface area contributed by atoms with Gasteiger partial charge >= 0.3 is 0 Å². The van der Waals surface area contributed by atoms with Crippen LogP contribution >= 0.6 is 0 Å². The standard InChI is InChI=1S/C16H15NO.C2H6/c1-17-15-9-5-3-7-13(15)11-10-12-6-2-4-8-14(12)16(17)18;1-2/h2-9H,10-11H2,1H3;1-2H3. The molecule has 3 rings (SSSR count). The van der Waals surface area contributed by atoms with E-state index in [1.54, 1.807) is 4.90 Å². The van der Waals surface area contributed by atoms with E-state index in [4.69, 9.17) is 0 Å². The van der Waals surface area contributed by atoms with E-state index in [1.165, 1.54) is 5.56 Å². The van der Waals surface area contributed by atoms with Crippen molar-refractivity contribution in [3.05, 3.63) is 65.2 Å². The van der Waals surface area contributed by atoms with E-state index in [-0.39, 0.29) is 5.91 Å². The molecule has 1 amide bonds. The maximum atomic E-state index is 12.5. The lowest BCUT2D eigenvalue weighted by Crippen LogP contribution is -2.29. The van der Waals surface area contributed by atoms with Crippen LogP contribution in [0.5, 0.6) is 0 Å². The van der Waals surface area contributed by atoms with Gasteiger partial charge in [0.2, 0.25) is 0 Å². The zero-order chi connectivity index (χ0) is 14.5. The number of aryl methyl sites for hydroxylation is 2. The van der Waals surface area contributed by atoms with Crippen molar-refractivity contribution in [1.29, 1.82) is 0 Å². The molecule has 0 saturated carbocycles. The average molecular weight is 267 g/mol. The molecule has 0 unspecified atom stereocenters. The molecule has 0 N–H and O–H groups in total. The van der Waals surface area contributed by atoms with Gasteiger partial charge in [-0.2, -0.15) is 0 Å². The van der Waals surface area contributed by atoms with Crippen molar-refractivity contribution in [2.24, 2.45) is 0 Å².